The van der Waals surface area contributed by atoms with E-state index < -0.39 is 0 Å². The summed E-state index contributed by atoms with van der Waals surface area (Å²) in [6, 6.07) is 11.5. The summed E-state index contributed by atoms with van der Waals surface area (Å²) < 4.78 is 0. The van der Waals surface area contributed by atoms with Crippen molar-refractivity contribution in [2.45, 2.75) is 18.8 Å². The van der Waals surface area contributed by atoms with Crippen LogP contribution in [-0.4, -0.2) is 28.4 Å². The quantitative estimate of drug-likeness (QED) is 0.760. The largest absolute Gasteiger partial charge is 0.507 e. The van der Waals surface area contributed by atoms with Gasteiger partial charge in [-0.1, -0.05) is 12.1 Å². The molecule has 1 saturated heterocycles. The number of phenolic OH excluding ortho intramolecular Hbond substituents is 1. The van der Waals surface area contributed by atoms with Crippen molar-refractivity contribution < 1.29 is 5.11 Å². The zero-order valence-corrected chi connectivity index (χ0v) is 12.9. The fraction of sp³-hybridized carbons (Fsp3) is 0.294. The van der Waals surface area contributed by atoms with E-state index in [9.17, 15) is 5.11 Å². The molecule has 0 atom stereocenters. The molecule has 1 aliphatic heterocycles. The van der Waals surface area contributed by atoms with Gasteiger partial charge in [0.1, 0.15) is 10.6 Å². The third-order valence-electron chi connectivity index (χ3n) is 4.22. The third-order valence-corrected chi connectivity index (χ3v) is 5.42. The molecule has 112 valence electrons. The molecule has 3 heterocycles. The number of hydrogen-bond donors (Lipinski definition) is 2. The zero-order valence-electron chi connectivity index (χ0n) is 12.1. The van der Waals surface area contributed by atoms with Crippen LogP contribution in [0.5, 0.6) is 5.75 Å². The monoisotopic (exact) mass is 311 g/mol. The summed E-state index contributed by atoms with van der Waals surface area (Å²) in [7, 11) is 0. The Bertz CT molecular complexity index is 809. The van der Waals surface area contributed by atoms with Crippen LogP contribution >= 0.6 is 11.3 Å². The van der Waals surface area contributed by atoms with Gasteiger partial charge < -0.3 is 10.4 Å². The Morgan fingerprint density at radius 3 is 2.73 bits per heavy atom. The van der Waals surface area contributed by atoms with Gasteiger partial charge in [0.15, 0.2) is 0 Å². The highest BCUT2D eigenvalue weighted by molar-refractivity contribution is 7.18. The predicted octanol–water partition coefficient (Wildman–Crippen LogP) is 3.53. The minimum Gasteiger partial charge on any atom is -0.507 e. The smallest absolute Gasteiger partial charge is 0.146 e. The molecule has 1 fully saturated rings. The van der Waals surface area contributed by atoms with Gasteiger partial charge in [0.2, 0.25) is 0 Å². The van der Waals surface area contributed by atoms with Crippen LogP contribution in [0.1, 0.15) is 23.6 Å². The van der Waals surface area contributed by atoms with Crippen LogP contribution in [-0.2, 0) is 0 Å². The van der Waals surface area contributed by atoms with E-state index in [1.807, 2.05) is 24.3 Å². The van der Waals surface area contributed by atoms with Gasteiger partial charge in [0, 0.05) is 15.8 Å². The summed E-state index contributed by atoms with van der Waals surface area (Å²) in [4.78, 5) is 2.38. The summed E-state index contributed by atoms with van der Waals surface area (Å²) in [6.45, 7) is 2.18. The highest BCUT2D eigenvalue weighted by atomic mass is 32.1. The molecular formula is C17H17N3OS. The number of rotatable bonds is 2. The average molecular weight is 311 g/mol. The lowest BCUT2D eigenvalue weighted by Gasteiger charge is -2.21. The number of benzene rings is 1. The first-order chi connectivity index (χ1) is 10.8. The van der Waals surface area contributed by atoms with Gasteiger partial charge in [0.25, 0.3) is 0 Å². The summed E-state index contributed by atoms with van der Waals surface area (Å²) in [5.74, 6) is 0.874. The maximum absolute atomic E-state index is 9.97. The summed E-state index contributed by atoms with van der Waals surface area (Å²) in [5.41, 5.74) is 1.45. The Morgan fingerprint density at radius 2 is 1.91 bits per heavy atom. The number of phenols is 1. The molecule has 2 N–H and O–H groups in total. The summed E-state index contributed by atoms with van der Waals surface area (Å²) in [5, 5.41) is 23.1. The van der Waals surface area contributed by atoms with E-state index in [4.69, 9.17) is 0 Å². The maximum atomic E-state index is 9.97. The van der Waals surface area contributed by atoms with Crippen LogP contribution < -0.4 is 5.32 Å². The van der Waals surface area contributed by atoms with Crippen LogP contribution in [0.4, 0.5) is 0 Å². The number of hydrogen-bond acceptors (Lipinski definition) is 5. The molecular weight excluding hydrogens is 294 g/mol. The van der Waals surface area contributed by atoms with Crippen LogP contribution in [0.25, 0.3) is 21.5 Å². The van der Waals surface area contributed by atoms with Gasteiger partial charge in [-0.2, -0.15) is 0 Å². The molecule has 5 heteroatoms. The first-order valence-electron chi connectivity index (χ1n) is 7.57. The molecule has 1 aromatic carbocycles. The topological polar surface area (TPSA) is 58.0 Å². The third kappa shape index (κ3) is 2.46. The number of nitrogens with zero attached hydrogens (tertiary/aromatic N) is 2. The van der Waals surface area contributed by atoms with Crippen molar-refractivity contribution in [2.75, 3.05) is 13.1 Å². The number of para-hydroxylation sites is 1. The Kier molecular flexibility index (Phi) is 3.52. The molecule has 22 heavy (non-hydrogen) atoms. The first-order valence-corrected chi connectivity index (χ1v) is 8.39. The molecule has 0 aliphatic carbocycles. The van der Waals surface area contributed by atoms with Crippen molar-refractivity contribution in [2.24, 2.45) is 0 Å². The molecule has 3 aromatic rings. The lowest BCUT2D eigenvalue weighted by Crippen LogP contribution is -2.26. The van der Waals surface area contributed by atoms with E-state index in [0.29, 0.717) is 5.92 Å². The minimum atomic E-state index is 0.241. The standard InChI is InChI=1S/C17H17N3OS/c21-15-4-2-1-3-13(15)14-9-12-10-16(22-17(12)20-19-14)11-5-7-18-8-6-11/h1-4,9-11,18,21H,5-8H2. The maximum Gasteiger partial charge on any atom is 0.146 e. The van der Waals surface area contributed by atoms with Crippen molar-refractivity contribution in [1.82, 2.24) is 15.5 Å². The van der Waals surface area contributed by atoms with Crippen molar-refractivity contribution in [3.63, 3.8) is 0 Å². The van der Waals surface area contributed by atoms with Gasteiger partial charge in [-0.3, -0.25) is 0 Å². The van der Waals surface area contributed by atoms with E-state index in [1.54, 1.807) is 17.4 Å². The first kappa shape index (κ1) is 13.7. The SMILES string of the molecule is Oc1ccccc1-c1cc2cc(C3CCNCC3)sc2nn1. The number of fused-ring (bicyclic) bond motifs is 1. The van der Waals surface area contributed by atoms with E-state index >= 15 is 0 Å². The van der Waals surface area contributed by atoms with Gasteiger partial charge in [0.05, 0.1) is 5.69 Å². The van der Waals surface area contributed by atoms with Crippen molar-refractivity contribution >= 4 is 21.6 Å². The number of aromatic hydroxyl groups is 1. The van der Waals surface area contributed by atoms with E-state index in [1.165, 1.54) is 17.7 Å². The molecule has 0 spiro atoms. The molecule has 0 radical (unpaired) electrons. The molecule has 1 aliphatic rings. The van der Waals surface area contributed by atoms with E-state index in [-0.39, 0.29) is 5.75 Å². The van der Waals surface area contributed by atoms with Crippen molar-refractivity contribution in [3.8, 4) is 17.0 Å². The Hall–Kier alpha value is -1.98. The number of thiophene rings is 1. The second-order valence-corrected chi connectivity index (χ2v) is 6.74. The summed E-state index contributed by atoms with van der Waals surface area (Å²) in [6.07, 6.45) is 2.37. The van der Waals surface area contributed by atoms with Gasteiger partial charge >= 0.3 is 0 Å². The zero-order chi connectivity index (χ0) is 14.9. The average Bonchev–Trinajstić information content (AvgIpc) is 2.99. The van der Waals surface area contributed by atoms with Crippen LogP contribution in [0.2, 0.25) is 0 Å². The summed E-state index contributed by atoms with van der Waals surface area (Å²) >= 11 is 1.75. The van der Waals surface area contributed by atoms with Crippen molar-refractivity contribution in [1.29, 1.82) is 0 Å². The minimum absolute atomic E-state index is 0.241. The number of aromatic nitrogens is 2. The predicted molar refractivity (Wildman–Crippen MR) is 89.4 cm³/mol. The Morgan fingerprint density at radius 1 is 1.09 bits per heavy atom. The number of piperidine rings is 1. The normalized spacial score (nSPS) is 16.2. The highest BCUT2D eigenvalue weighted by Crippen LogP contribution is 2.36. The second-order valence-electron chi connectivity index (χ2n) is 5.68. The Labute approximate surface area is 132 Å². The lowest BCUT2D eigenvalue weighted by molar-refractivity contribution is 0.465. The van der Waals surface area contributed by atoms with E-state index in [2.05, 4.69) is 21.6 Å². The van der Waals surface area contributed by atoms with E-state index in [0.717, 1.165) is 34.6 Å². The van der Waals surface area contributed by atoms with Crippen LogP contribution in [0.3, 0.4) is 0 Å². The number of nitrogens with one attached hydrogen (secondary N) is 1. The molecule has 0 unspecified atom stereocenters. The molecule has 0 amide bonds. The molecule has 2 aromatic heterocycles. The highest BCUT2D eigenvalue weighted by Gasteiger charge is 2.18. The lowest BCUT2D eigenvalue weighted by atomic mass is 9.96. The molecule has 4 nitrogen and oxygen atoms in total. The molecule has 0 bridgehead atoms. The van der Waals surface area contributed by atoms with Crippen LogP contribution in [0.15, 0.2) is 36.4 Å². The van der Waals surface area contributed by atoms with Crippen molar-refractivity contribution in [3.05, 3.63) is 41.3 Å². The van der Waals surface area contributed by atoms with Gasteiger partial charge in [-0.15, -0.1) is 21.5 Å². The second kappa shape index (κ2) is 5.66. The van der Waals surface area contributed by atoms with Gasteiger partial charge in [-0.05, 0) is 56.1 Å². The molecule has 4 rings (SSSR count). The fourth-order valence-electron chi connectivity index (χ4n) is 3.00. The Balaban J connectivity index is 1.73. The van der Waals surface area contributed by atoms with Gasteiger partial charge in [-0.25, -0.2) is 0 Å². The molecule has 0 saturated carbocycles. The van der Waals surface area contributed by atoms with Crippen LogP contribution in [0, 0.1) is 0 Å². The fourth-order valence-corrected chi connectivity index (χ4v) is 4.13.